The number of pyridine rings is 3. The lowest BCUT2D eigenvalue weighted by Gasteiger charge is -2.21. The molecule has 29 heavy (non-hydrogen) atoms. The van der Waals surface area contributed by atoms with Crippen LogP contribution in [0.4, 0.5) is 0 Å². The summed E-state index contributed by atoms with van der Waals surface area (Å²) in [6, 6.07) is 24.9. The number of nitrogens with zero attached hydrogens (tertiary/aromatic N) is 6. The molecule has 0 N–H and O–H groups in total. The fourth-order valence-electron chi connectivity index (χ4n) is 3.12. The van der Waals surface area contributed by atoms with Crippen LogP contribution in [-0.4, -0.2) is 30.1 Å². The molecule has 0 aliphatic rings. The van der Waals surface area contributed by atoms with Gasteiger partial charge in [-0.1, -0.05) is 30.3 Å². The zero-order chi connectivity index (χ0) is 19.5. The molecule has 0 fully saturated rings. The van der Waals surface area contributed by atoms with Gasteiger partial charge in [-0.3, -0.25) is 0 Å². The third-order valence-electron chi connectivity index (χ3n) is 4.44. The van der Waals surface area contributed by atoms with E-state index in [1.807, 2.05) is 78.9 Å². The van der Waals surface area contributed by atoms with Gasteiger partial charge in [-0.15, -0.1) is 5.10 Å². The summed E-state index contributed by atoms with van der Waals surface area (Å²) in [5.41, 5.74) is 3.75. The molecule has 0 spiro atoms. The van der Waals surface area contributed by atoms with Crippen LogP contribution in [0.15, 0.2) is 97.5 Å². The highest BCUT2D eigenvalue weighted by atomic mass is 31.2. The van der Waals surface area contributed by atoms with Crippen LogP contribution in [0.5, 0.6) is 0 Å². The Morgan fingerprint density at radius 2 is 1.14 bits per heavy atom. The molecule has 4 aromatic heterocycles. The Labute approximate surface area is 167 Å². The predicted octanol–water partition coefficient (Wildman–Crippen LogP) is 1.95. The topological polar surface area (TPSA) is 78.6 Å². The van der Waals surface area contributed by atoms with Crippen LogP contribution in [0.2, 0.25) is 0 Å². The van der Waals surface area contributed by atoms with Crippen LogP contribution < -0.4 is 20.9 Å². The summed E-state index contributed by atoms with van der Waals surface area (Å²) in [6.45, 7) is 0. The molecule has 0 saturated carbocycles. The van der Waals surface area contributed by atoms with Crippen molar-refractivity contribution in [3.63, 3.8) is 0 Å². The fourth-order valence-corrected chi connectivity index (χ4v) is 6.01. The van der Waals surface area contributed by atoms with Crippen molar-refractivity contribution in [3.8, 4) is 0 Å². The maximum atomic E-state index is 6.68. The molecule has 4 heterocycles. The predicted molar refractivity (Wildman–Crippen MR) is 113 cm³/mol. The third kappa shape index (κ3) is 3.02. The molecule has 140 valence electrons. The molecule has 0 bridgehead atoms. The molecule has 8 heteroatoms. The Bertz CT molecular complexity index is 1130. The van der Waals surface area contributed by atoms with Crippen molar-refractivity contribution >= 4 is 34.8 Å². The number of benzene rings is 1. The van der Waals surface area contributed by atoms with Crippen LogP contribution >= 0.6 is 7.49 Å². The van der Waals surface area contributed by atoms with Crippen LogP contribution in [-0.2, 0) is 0 Å². The molecule has 0 radical (unpaired) electrons. The van der Waals surface area contributed by atoms with E-state index in [2.05, 4.69) is 25.3 Å². The number of hydrogen-bond donors (Lipinski definition) is 0. The zero-order valence-electron chi connectivity index (χ0n) is 15.3. The van der Waals surface area contributed by atoms with Gasteiger partial charge < -0.3 is 0 Å². The van der Waals surface area contributed by atoms with Crippen molar-refractivity contribution in [3.05, 3.63) is 97.5 Å². The van der Waals surface area contributed by atoms with Crippen LogP contribution in [0.1, 0.15) is 0 Å². The van der Waals surface area contributed by atoms with Gasteiger partial charge in [-0.2, -0.15) is 0 Å². The maximum Gasteiger partial charge on any atom is 0.376 e. The number of rotatable bonds is 5. The zero-order valence-corrected chi connectivity index (χ0v) is 16.2. The number of fused-ring (bicyclic) bond motifs is 1. The van der Waals surface area contributed by atoms with E-state index in [-0.39, 0.29) is 0 Å². The van der Waals surface area contributed by atoms with Gasteiger partial charge in [0.1, 0.15) is 11.0 Å². The maximum absolute atomic E-state index is 6.68. The molecule has 7 nitrogen and oxygen atoms in total. The third-order valence-corrected chi connectivity index (χ3v) is 7.57. The largest absolute Gasteiger partial charge is 0.376 e. The smallest absolute Gasteiger partial charge is 0.222 e. The van der Waals surface area contributed by atoms with E-state index in [1.54, 1.807) is 18.6 Å². The van der Waals surface area contributed by atoms with Gasteiger partial charge in [0.2, 0.25) is 16.3 Å². The van der Waals surface area contributed by atoms with Crippen LogP contribution in [0, 0.1) is 0 Å². The summed E-state index contributed by atoms with van der Waals surface area (Å²) in [7, 11) is -2.82. The highest BCUT2D eigenvalue weighted by molar-refractivity contribution is 7.91. The van der Waals surface area contributed by atoms with Crippen molar-refractivity contribution < 1.29 is 4.62 Å². The van der Waals surface area contributed by atoms with E-state index < -0.39 is 7.49 Å². The van der Waals surface area contributed by atoms with Crippen molar-refractivity contribution in [2.75, 3.05) is 0 Å². The van der Waals surface area contributed by atoms with Crippen LogP contribution in [0.25, 0.3) is 11.0 Å². The first kappa shape index (κ1) is 17.4. The Kier molecular flexibility index (Phi) is 4.42. The average Bonchev–Trinajstić information content (AvgIpc) is 3.22. The highest BCUT2D eigenvalue weighted by Crippen LogP contribution is 2.51. The molecule has 0 atom stereocenters. The summed E-state index contributed by atoms with van der Waals surface area (Å²) < 4.78 is 6.68. The lowest BCUT2D eigenvalue weighted by molar-refractivity contribution is 0.265. The van der Waals surface area contributed by atoms with Gasteiger partial charge in [0.25, 0.3) is 0 Å². The molecule has 5 rings (SSSR count). The number of hydrogen-bond acceptors (Lipinski definition) is 6. The van der Waals surface area contributed by atoms with E-state index in [0.29, 0.717) is 0 Å². The number of aromatic nitrogens is 6. The molecule has 5 aromatic rings. The molecule has 0 unspecified atom stereocenters. The monoisotopic (exact) mass is 399 g/mol. The van der Waals surface area contributed by atoms with Crippen molar-refractivity contribution in [1.82, 2.24) is 30.1 Å². The van der Waals surface area contributed by atoms with Gasteiger partial charge in [-0.05, 0) is 40.4 Å². The SMILES string of the molecule is c1ccc([P+](On2nnc3ccccc32)(c2ccccn2)c2ccccn2)nc1. The summed E-state index contributed by atoms with van der Waals surface area (Å²) in [4.78, 5) is 15.4. The van der Waals surface area contributed by atoms with Crippen molar-refractivity contribution in [2.45, 2.75) is 0 Å². The van der Waals surface area contributed by atoms with Gasteiger partial charge in [-0.25, -0.2) is 19.6 Å². The van der Waals surface area contributed by atoms with E-state index >= 15 is 0 Å². The Balaban J connectivity index is 1.80. The normalized spacial score (nSPS) is 11.4. The standard InChI is InChI=1S/C21H16N6OP/c1-2-10-18-17(9-1)25-26-27(18)28-29(19-11-3-6-14-22-19,20-12-4-7-15-23-20)21-13-5-8-16-24-21/h1-16H/q+1. The summed E-state index contributed by atoms with van der Waals surface area (Å²) in [6.07, 6.45) is 5.25. The number of para-hydroxylation sites is 1. The highest BCUT2D eigenvalue weighted by Gasteiger charge is 2.56. The van der Waals surface area contributed by atoms with Crippen molar-refractivity contribution in [2.24, 2.45) is 0 Å². The first-order chi connectivity index (χ1) is 14.4. The molecular weight excluding hydrogens is 383 g/mol. The van der Waals surface area contributed by atoms with E-state index in [4.69, 9.17) is 4.62 Å². The summed E-state index contributed by atoms with van der Waals surface area (Å²) in [5, 5.41) is 8.47. The van der Waals surface area contributed by atoms with E-state index in [0.717, 1.165) is 27.3 Å². The second-order valence-corrected chi connectivity index (χ2v) is 8.96. The minimum Gasteiger partial charge on any atom is -0.222 e. The Morgan fingerprint density at radius 1 is 0.621 bits per heavy atom. The van der Waals surface area contributed by atoms with Gasteiger partial charge in [0, 0.05) is 36.8 Å². The van der Waals surface area contributed by atoms with Gasteiger partial charge in [0.15, 0.2) is 0 Å². The molecular formula is C21H16N6OP+. The van der Waals surface area contributed by atoms with Gasteiger partial charge >= 0.3 is 7.49 Å². The lowest BCUT2D eigenvalue weighted by atomic mass is 10.3. The van der Waals surface area contributed by atoms with Crippen molar-refractivity contribution in [1.29, 1.82) is 0 Å². The molecule has 0 aliphatic heterocycles. The molecule has 0 saturated heterocycles. The fraction of sp³-hybridized carbons (Fsp3) is 0. The average molecular weight is 399 g/mol. The molecule has 0 aliphatic carbocycles. The first-order valence-corrected chi connectivity index (χ1v) is 10.7. The molecule has 1 aromatic carbocycles. The van der Waals surface area contributed by atoms with Crippen LogP contribution in [0.3, 0.4) is 0 Å². The second kappa shape index (κ2) is 7.37. The van der Waals surface area contributed by atoms with E-state index in [9.17, 15) is 0 Å². The van der Waals surface area contributed by atoms with Gasteiger partial charge in [0.05, 0.1) is 0 Å². The first-order valence-electron chi connectivity index (χ1n) is 9.02. The minimum atomic E-state index is -2.82. The second-order valence-electron chi connectivity index (χ2n) is 6.21. The Morgan fingerprint density at radius 3 is 1.66 bits per heavy atom. The quantitative estimate of drug-likeness (QED) is 0.421. The minimum absolute atomic E-state index is 0.744. The Hall–Kier alpha value is -3.70. The van der Waals surface area contributed by atoms with E-state index in [1.165, 1.54) is 4.85 Å². The lowest BCUT2D eigenvalue weighted by Crippen LogP contribution is -2.41. The summed E-state index contributed by atoms with van der Waals surface area (Å²) >= 11 is 0. The molecule has 0 amide bonds. The summed E-state index contributed by atoms with van der Waals surface area (Å²) in [5.74, 6) is 0.